The van der Waals surface area contributed by atoms with E-state index in [1.807, 2.05) is 0 Å². The maximum atomic E-state index is 12.1. The van der Waals surface area contributed by atoms with Gasteiger partial charge in [-0.05, 0) is 30.7 Å². The summed E-state index contributed by atoms with van der Waals surface area (Å²) in [6.45, 7) is 0. The average Bonchev–Trinajstić information content (AvgIpc) is 2.38. The number of piperidine rings is 1. The molecular formula is C13H13NO4. The molecule has 5 heteroatoms. The van der Waals surface area contributed by atoms with Gasteiger partial charge in [-0.3, -0.25) is 14.4 Å². The van der Waals surface area contributed by atoms with E-state index >= 15 is 0 Å². The first-order valence-corrected chi connectivity index (χ1v) is 5.67. The Labute approximate surface area is 104 Å². The van der Waals surface area contributed by atoms with Gasteiger partial charge in [0.25, 0.3) is 5.91 Å². The molecule has 2 rings (SSSR count). The highest BCUT2D eigenvalue weighted by Crippen LogP contribution is 2.18. The van der Waals surface area contributed by atoms with Crippen molar-refractivity contribution in [2.45, 2.75) is 19.3 Å². The fourth-order valence-corrected chi connectivity index (χ4v) is 1.84. The van der Waals surface area contributed by atoms with Crippen molar-refractivity contribution in [3.63, 3.8) is 0 Å². The number of imide groups is 3. The van der Waals surface area contributed by atoms with Crippen molar-refractivity contribution in [2.24, 2.45) is 0 Å². The van der Waals surface area contributed by atoms with Crippen LogP contribution in [0.25, 0.3) is 0 Å². The van der Waals surface area contributed by atoms with Crippen LogP contribution in [0.3, 0.4) is 0 Å². The Morgan fingerprint density at radius 1 is 1.11 bits per heavy atom. The van der Waals surface area contributed by atoms with Crippen LogP contribution in [0.5, 0.6) is 5.75 Å². The third kappa shape index (κ3) is 2.25. The molecule has 0 unspecified atom stereocenters. The van der Waals surface area contributed by atoms with Gasteiger partial charge in [0.1, 0.15) is 5.75 Å². The minimum absolute atomic E-state index is 0.244. The number of carbonyl (C=O) groups excluding carboxylic acids is 3. The molecule has 0 saturated carbocycles. The van der Waals surface area contributed by atoms with Crippen molar-refractivity contribution in [1.29, 1.82) is 0 Å². The first-order valence-electron chi connectivity index (χ1n) is 5.67. The van der Waals surface area contributed by atoms with E-state index < -0.39 is 17.7 Å². The molecule has 1 saturated heterocycles. The van der Waals surface area contributed by atoms with Gasteiger partial charge < -0.3 is 4.74 Å². The molecule has 0 bridgehead atoms. The maximum absolute atomic E-state index is 12.1. The Morgan fingerprint density at radius 3 is 2.17 bits per heavy atom. The first-order chi connectivity index (χ1) is 8.63. The lowest BCUT2D eigenvalue weighted by Crippen LogP contribution is -2.44. The van der Waals surface area contributed by atoms with Crippen LogP contribution in [0.2, 0.25) is 0 Å². The second kappa shape index (κ2) is 5.00. The van der Waals surface area contributed by atoms with Gasteiger partial charge in [0, 0.05) is 18.4 Å². The van der Waals surface area contributed by atoms with Gasteiger partial charge in [-0.2, -0.15) is 0 Å². The minimum atomic E-state index is -0.563. The summed E-state index contributed by atoms with van der Waals surface area (Å²) in [5.41, 5.74) is 0.305. The molecule has 0 aliphatic carbocycles. The van der Waals surface area contributed by atoms with Crippen molar-refractivity contribution in [3.05, 3.63) is 29.8 Å². The average molecular weight is 247 g/mol. The van der Waals surface area contributed by atoms with E-state index in [0.717, 1.165) is 4.90 Å². The summed E-state index contributed by atoms with van der Waals surface area (Å²) < 4.78 is 4.98. The highest BCUT2D eigenvalue weighted by Gasteiger charge is 2.32. The molecule has 1 aliphatic rings. The number of amides is 3. The van der Waals surface area contributed by atoms with Crippen LogP contribution >= 0.6 is 0 Å². The van der Waals surface area contributed by atoms with E-state index in [1.165, 1.54) is 19.2 Å². The lowest BCUT2D eigenvalue weighted by Gasteiger charge is -2.22. The topological polar surface area (TPSA) is 63.7 Å². The number of hydrogen-bond acceptors (Lipinski definition) is 4. The predicted octanol–water partition coefficient (Wildman–Crippen LogP) is 1.37. The summed E-state index contributed by atoms with van der Waals surface area (Å²) in [6.07, 6.45) is 1.01. The highest BCUT2D eigenvalue weighted by atomic mass is 16.5. The molecule has 1 aromatic carbocycles. The predicted molar refractivity (Wildman–Crippen MR) is 63.0 cm³/mol. The molecule has 3 amide bonds. The number of rotatable bonds is 2. The number of ether oxygens (including phenoxy) is 1. The van der Waals surface area contributed by atoms with Crippen molar-refractivity contribution in [3.8, 4) is 5.75 Å². The minimum Gasteiger partial charge on any atom is -0.497 e. The monoisotopic (exact) mass is 247 g/mol. The van der Waals surface area contributed by atoms with Gasteiger partial charge in [0.05, 0.1) is 7.11 Å². The molecule has 0 atom stereocenters. The summed E-state index contributed by atoms with van der Waals surface area (Å²) in [5, 5.41) is 0. The van der Waals surface area contributed by atoms with Crippen molar-refractivity contribution in [1.82, 2.24) is 4.90 Å². The van der Waals surface area contributed by atoms with Crippen LogP contribution in [0.15, 0.2) is 24.3 Å². The summed E-state index contributed by atoms with van der Waals surface area (Å²) in [4.78, 5) is 36.0. The zero-order chi connectivity index (χ0) is 13.1. The number of benzene rings is 1. The quantitative estimate of drug-likeness (QED) is 0.740. The van der Waals surface area contributed by atoms with E-state index in [4.69, 9.17) is 4.74 Å². The first kappa shape index (κ1) is 12.3. The Bertz CT molecular complexity index is 476. The number of carbonyl (C=O) groups is 3. The van der Waals surface area contributed by atoms with Crippen LogP contribution in [-0.2, 0) is 9.59 Å². The second-order valence-electron chi connectivity index (χ2n) is 4.01. The Kier molecular flexibility index (Phi) is 3.41. The number of methoxy groups -OCH3 is 1. The van der Waals surface area contributed by atoms with E-state index in [9.17, 15) is 14.4 Å². The molecule has 1 heterocycles. The Morgan fingerprint density at radius 2 is 1.67 bits per heavy atom. The fraction of sp³-hybridized carbons (Fsp3) is 0.308. The van der Waals surface area contributed by atoms with Crippen LogP contribution in [0, 0.1) is 0 Å². The molecule has 0 N–H and O–H groups in total. The van der Waals surface area contributed by atoms with Gasteiger partial charge in [0.2, 0.25) is 11.8 Å². The van der Waals surface area contributed by atoms with E-state index in [1.54, 1.807) is 12.1 Å². The summed E-state index contributed by atoms with van der Waals surface area (Å²) >= 11 is 0. The molecule has 94 valence electrons. The summed E-state index contributed by atoms with van der Waals surface area (Å²) in [5.74, 6) is -0.797. The smallest absolute Gasteiger partial charge is 0.267 e. The van der Waals surface area contributed by atoms with Crippen molar-refractivity contribution < 1.29 is 19.1 Å². The largest absolute Gasteiger partial charge is 0.497 e. The van der Waals surface area contributed by atoms with Crippen LogP contribution in [-0.4, -0.2) is 29.7 Å². The van der Waals surface area contributed by atoms with Gasteiger partial charge in [-0.1, -0.05) is 0 Å². The molecule has 0 radical (unpaired) electrons. The third-order valence-electron chi connectivity index (χ3n) is 2.82. The van der Waals surface area contributed by atoms with Crippen LogP contribution in [0.1, 0.15) is 29.6 Å². The number of hydrogen-bond donors (Lipinski definition) is 0. The Hall–Kier alpha value is -2.17. The van der Waals surface area contributed by atoms with Gasteiger partial charge in [-0.15, -0.1) is 0 Å². The molecule has 1 fully saturated rings. The zero-order valence-corrected chi connectivity index (χ0v) is 10.0. The fourth-order valence-electron chi connectivity index (χ4n) is 1.84. The van der Waals surface area contributed by atoms with Gasteiger partial charge >= 0.3 is 0 Å². The molecule has 1 aliphatic heterocycles. The summed E-state index contributed by atoms with van der Waals surface area (Å²) in [6, 6.07) is 6.31. The number of likely N-dealkylation sites (tertiary alicyclic amines) is 1. The van der Waals surface area contributed by atoms with E-state index in [2.05, 4.69) is 0 Å². The normalized spacial score (nSPS) is 15.7. The maximum Gasteiger partial charge on any atom is 0.267 e. The van der Waals surface area contributed by atoms with Crippen molar-refractivity contribution in [2.75, 3.05) is 7.11 Å². The molecule has 0 aromatic heterocycles. The SMILES string of the molecule is COc1ccc(C(=O)N2C(=O)CCCC2=O)cc1. The number of nitrogens with zero attached hydrogens (tertiary/aromatic N) is 1. The molecule has 5 nitrogen and oxygen atoms in total. The lowest BCUT2D eigenvalue weighted by atomic mass is 10.1. The standard InChI is InChI=1S/C13H13NO4/c1-18-10-7-5-9(6-8-10)13(17)14-11(15)3-2-4-12(14)16/h5-8H,2-4H2,1H3. The van der Waals surface area contributed by atoms with Crippen LogP contribution < -0.4 is 4.74 Å². The molecule has 1 aromatic rings. The van der Waals surface area contributed by atoms with Gasteiger partial charge in [-0.25, -0.2) is 4.90 Å². The van der Waals surface area contributed by atoms with Crippen LogP contribution in [0.4, 0.5) is 0 Å². The Balaban J connectivity index is 2.23. The molecular weight excluding hydrogens is 234 g/mol. The summed E-state index contributed by atoms with van der Waals surface area (Å²) in [7, 11) is 1.52. The van der Waals surface area contributed by atoms with Crippen molar-refractivity contribution >= 4 is 17.7 Å². The molecule has 0 spiro atoms. The van der Waals surface area contributed by atoms with E-state index in [0.29, 0.717) is 17.7 Å². The second-order valence-corrected chi connectivity index (χ2v) is 4.01. The van der Waals surface area contributed by atoms with E-state index in [-0.39, 0.29) is 12.8 Å². The lowest BCUT2D eigenvalue weighted by molar-refractivity contribution is -0.144. The highest BCUT2D eigenvalue weighted by molar-refractivity contribution is 6.17. The zero-order valence-electron chi connectivity index (χ0n) is 10.0. The third-order valence-corrected chi connectivity index (χ3v) is 2.82. The molecule has 18 heavy (non-hydrogen) atoms. The van der Waals surface area contributed by atoms with Gasteiger partial charge in [0.15, 0.2) is 0 Å².